The average Bonchev–Trinajstić information content (AvgIpc) is 2.34. The first-order chi connectivity index (χ1) is 8.58. The fraction of sp³-hybridized carbons (Fsp3) is 0.538. The molecule has 5 heteroatoms. The molecule has 3 N–H and O–H groups in total. The van der Waals surface area contributed by atoms with Crippen LogP contribution in [0.25, 0.3) is 0 Å². The van der Waals surface area contributed by atoms with E-state index in [1.54, 1.807) is 12.1 Å². The lowest BCUT2D eigenvalue weighted by atomic mass is 10.00. The summed E-state index contributed by atoms with van der Waals surface area (Å²) < 4.78 is 0. The maximum Gasteiger partial charge on any atom is 0.284 e. The first-order valence-electron chi connectivity index (χ1n) is 6.39. The smallest absolute Gasteiger partial charge is 0.284 e. The number of carbonyl (C=O) groups is 1. The first kappa shape index (κ1) is 12.8. The Labute approximate surface area is 107 Å². The highest BCUT2D eigenvalue weighted by molar-refractivity contribution is 5.92. The van der Waals surface area contributed by atoms with Crippen LogP contribution in [0.2, 0.25) is 0 Å². The second kappa shape index (κ2) is 5.35. The molecule has 1 aliphatic heterocycles. The van der Waals surface area contributed by atoms with Crippen molar-refractivity contribution in [2.75, 3.05) is 5.73 Å². The molecule has 1 aromatic heterocycles. The predicted molar refractivity (Wildman–Crippen MR) is 70.7 cm³/mol. The molecule has 0 saturated carbocycles. The molecule has 2 atom stereocenters. The van der Waals surface area contributed by atoms with Gasteiger partial charge < -0.3 is 5.73 Å². The van der Waals surface area contributed by atoms with Crippen LogP contribution in [0.4, 0.5) is 5.69 Å². The number of nitrogens with one attached hydrogen (secondary N) is 1. The number of nitrogens with two attached hydrogens (primary N) is 1. The van der Waals surface area contributed by atoms with Gasteiger partial charge >= 0.3 is 0 Å². The first-order valence-corrected chi connectivity index (χ1v) is 6.39. The van der Waals surface area contributed by atoms with E-state index < -0.39 is 0 Å². The normalized spacial score (nSPS) is 24.8. The third-order valence-corrected chi connectivity index (χ3v) is 3.44. The molecule has 0 aliphatic carbocycles. The Bertz CT molecular complexity index is 408. The summed E-state index contributed by atoms with van der Waals surface area (Å²) >= 11 is 0. The van der Waals surface area contributed by atoms with E-state index in [4.69, 9.17) is 5.73 Å². The highest BCUT2D eigenvalue weighted by atomic mass is 16.2. The van der Waals surface area contributed by atoms with Crippen molar-refractivity contribution < 1.29 is 4.79 Å². The molecule has 1 fully saturated rings. The van der Waals surface area contributed by atoms with Gasteiger partial charge in [0.25, 0.3) is 5.91 Å². The van der Waals surface area contributed by atoms with Crippen molar-refractivity contribution in [2.24, 2.45) is 0 Å². The molecule has 2 heterocycles. The van der Waals surface area contributed by atoms with E-state index in [1.165, 1.54) is 12.6 Å². The molecule has 98 valence electrons. The molecular formula is C13H20N4O. The summed E-state index contributed by atoms with van der Waals surface area (Å²) in [5.41, 5.74) is 9.45. The van der Waals surface area contributed by atoms with Crippen LogP contribution >= 0.6 is 0 Å². The summed E-state index contributed by atoms with van der Waals surface area (Å²) in [6.07, 6.45) is 4.94. The number of aromatic nitrogens is 1. The van der Waals surface area contributed by atoms with Gasteiger partial charge in [-0.25, -0.2) is 9.99 Å². The summed E-state index contributed by atoms with van der Waals surface area (Å²) in [4.78, 5) is 16.1. The van der Waals surface area contributed by atoms with Gasteiger partial charge in [-0.05, 0) is 38.8 Å². The number of piperidine rings is 1. The molecule has 0 radical (unpaired) electrons. The standard InChI is InChI=1S/C13H20N4O/c1-9-4-3-5-10(2)17(9)16-13(18)12-7-6-11(14)8-15-12/h6-10H,3-5,14H2,1-2H3,(H,16,18). The highest BCUT2D eigenvalue weighted by Crippen LogP contribution is 2.20. The number of pyridine rings is 1. The monoisotopic (exact) mass is 248 g/mol. The van der Waals surface area contributed by atoms with Crippen LogP contribution in [0, 0.1) is 0 Å². The summed E-state index contributed by atoms with van der Waals surface area (Å²) in [5, 5.41) is 2.03. The number of carbonyl (C=O) groups excluding carboxylic acids is 1. The second-order valence-corrected chi connectivity index (χ2v) is 4.95. The molecule has 1 amide bonds. The lowest BCUT2D eigenvalue weighted by Gasteiger charge is -2.38. The Morgan fingerprint density at radius 2 is 2.06 bits per heavy atom. The lowest BCUT2D eigenvalue weighted by Crippen LogP contribution is -2.54. The molecule has 18 heavy (non-hydrogen) atoms. The van der Waals surface area contributed by atoms with Gasteiger partial charge in [-0.3, -0.25) is 10.2 Å². The molecule has 1 aliphatic rings. The molecule has 0 bridgehead atoms. The van der Waals surface area contributed by atoms with E-state index in [9.17, 15) is 4.79 Å². The van der Waals surface area contributed by atoms with Crippen molar-refractivity contribution in [1.29, 1.82) is 0 Å². The van der Waals surface area contributed by atoms with Gasteiger partial charge in [-0.2, -0.15) is 0 Å². The molecule has 0 aromatic carbocycles. The fourth-order valence-corrected chi connectivity index (χ4v) is 2.36. The Kier molecular flexibility index (Phi) is 3.81. The second-order valence-electron chi connectivity index (χ2n) is 4.95. The number of anilines is 1. The summed E-state index contributed by atoms with van der Waals surface area (Å²) in [5.74, 6) is -0.171. The SMILES string of the molecule is CC1CCCC(C)N1NC(=O)c1ccc(N)cn1. The maximum atomic E-state index is 12.1. The average molecular weight is 248 g/mol. The fourth-order valence-electron chi connectivity index (χ4n) is 2.36. The van der Waals surface area contributed by atoms with E-state index >= 15 is 0 Å². The van der Waals surface area contributed by atoms with Crippen LogP contribution in [0.1, 0.15) is 43.6 Å². The van der Waals surface area contributed by atoms with Crippen LogP contribution in [0.3, 0.4) is 0 Å². The topological polar surface area (TPSA) is 71.2 Å². The number of rotatable bonds is 2. The number of hydrogen-bond acceptors (Lipinski definition) is 4. The highest BCUT2D eigenvalue weighted by Gasteiger charge is 2.26. The maximum absolute atomic E-state index is 12.1. The van der Waals surface area contributed by atoms with E-state index in [0.29, 0.717) is 23.5 Å². The summed E-state index contributed by atoms with van der Waals surface area (Å²) in [6.45, 7) is 4.26. The number of hydrazine groups is 1. The van der Waals surface area contributed by atoms with Crippen LogP contribution in [0.15, 0.2) is 18.3 Å². The quantitative estimate of drug-likeness (QED) is 0.833. The Morgan fingerprint density at radius 1 is 1.39 bits per heavy atom. The van der Waals surface area contributed by atoms with Crippen molar-refractivity contribution >= 4 is 11.6 Å². The van der Waals surface area contributed by atoms with Crippen LogP contribution in [0.5, 0.6) is 0 Å². The van der Waals surface area contributed by atoms with Crippen LogP contribution in [-0.4, -0.2) is 28.0 Å². The van der Waals surface area contributed by atoms with Gasteiger partial charge in [0.05, 0.1) is 11.9 Å². The van der Waals surface area contributed by atoms with Crippen molar-refractivity contribution in [2.45, 2.75) is 45.2 Å². The predicted octanol–water partition coefficient (Wildman–Crippen LogP) is 1.57. The zero-order valence-corrected chi connectivity index (χ0v) is 10.9. The van der Waals surface area contributed by atoms with E-state index in [-0.39, 0.29) is 5.91 Å². The zero-order valence-electron chi connectivity index (χ0n) is 10.9. The minimum atomic E-state index is -0.171. The van der Waals surface area contributed by atoms with Gasteiger partial charge in [0.2, 0.25) is 0 Å². The molecule has 5 nitrogen and oxygen atoms in total. The lowest BCUT2D eigenvalue weighted by molar-refractivity contribution is 0.0366. The molecule has 0 spiro atoms. The third kappa shape index (κ3) is 2.79. The molecule has 1 saturated heterocycles. The van der Waals surface area contributed by atoms with E-state index in [0.717, 1.165) is 12.8 Å². The van der Waals surface area contributed by atoms with Crippen molar-refractivity contribution in [3.05, 3.63) is 24.0 Å². The molecule has 1 aromatic rings. The minimum absolute atomic E-state index is 0.171. The summed E-state index contributed by atoms with van der Waals surface area (Å²) in [6, 6.07) is 4.06. The zero-order chi connectivity index (χ0) is 13.1. The largest absolute Gasteiger partial charge is 0.397 e. The van der Waals surface area contributed by atoms with E-state index in [2.05, 4.69) is 24.3 Å². The van der Waals surface area contributed by atoms with Crippen LogP contribution < -0.4 is 11.2 Å². The van der Waals surface area contributed by atoms with Crippen molar-refractivity contribution in [3.63, 3.8) is 0 Å². The van der Waals surface area contributed by atoms with Crippen molar-refractivity contribution in [3.8, 4) is 0 Å². The molecule has 2 unspecified atom stereocenters. The third-order valence-electron chi connectivity index (χ3n) is 3.44. The molecule has 2 rings (SSSR count). The number of amides is 1. The summed E-state index contributed by atoms with van der Waals surface area (Å²) in [7, 11) is 0. The van der Waals surface area contributed by atoms with Gasteiger partial charge in [-0.15, -0.1) is 0 Å². The van der Waals surface area contributed by atoms with Crippen molar-refractivity contribution in [1.82, 2.24) is 15.4 Å². The van der Waals surface area contributed by atoms with Gasteiger partial charge in [0.1, 0.15) is 5.69 Å². The number of nitrogens with zero attached hydrogens (tertiary/aromatic N) is 2. The number of nitrogen functional groups attached to an aromatic ring is 1. The van der Waals surface area contributed by atoms with Gasteiger partial charge in [-0.1, -0.05) is 6.42 Å². The Morgan fingerprint density at radius 3 is 2.61 bits per heavy atom. The number of hydrogen-bond donors (Lipinski definition) is 2. The van der Waals surface area contributed by atoms with Gasteiger partial charge in [0, 0.05) is 12.1 Å². The molecular weight excluding hydrogens is 228 g/mol. The van der Waals surface area contributed by atoms with E-state index in [1.807, 2.05) is 5.01 Å². The minimum Gasteiger partial charge on any atom is -0.397 e. The Hall–Kier alpha value is -1.62. The Balaban J connectivity index is 2.04. The van der Waals surface area contributed by atoms with Gasteiger partial charge in [0.15, 0.2) is 0 Å². The van der Waals surface area contributed by atoms with Crippen LogP contribution in [-0.2, 0) is 0 Å².